The number of hydrogen-bond acceptors (Lipinski definition) is 4. The summed E-state index contributed by atoms with van der Waals surface area (Å²) < 4.78 is 5.77. The van der Waals surface area contributed by atoms with Gasteiger partial charge in [-0.25, -0.2) is 4.98 Å². The summed E-state index contributed by atoms with van der Waals surface area (Å²) in [7, 11) is 0. The number of hydrogen-bond donors (Lipinski definition) is 2. The van der Waals surface area contributed by atoms with Gasteiger partial charge in [-0.3, -0.25) is 9.59 Å². The SMILES string of the molecule is Cc1nc(C2(C)CCCCO2)[nH]c(=O)c1CCC(=O)O. The fourth-order valence-corrected chi connectivity index (χ4v) is 2.51. The van der Waals surface area contributed by atoms with Gasteiger partial charge in [-0.2, -0.15) is 0 Å². The van der Waals surface area contributed by atoms with Crippen LogP contribution in [0.15, 0.2) is 4.79 Å². The zero-order valence-corrected chi connectivity index (χ0v) is 11.9. The minimum atomic E-state index is -0.921. The molecule has 1 aliphatic rings. The summed E-state index contributed by atoms with van der Waals surface area (Å²) in [4.78, 5) is 29.9. The molecule has 2 rings (SSSR count). The van der Waals surface area contributed by atoms with E-state index in [-0.39, 0.29) is 18.4 Å². The Kier molecular flexibility index (Phi) is 4.23. The molecule has 20 heavy (non-hydrogen) atoms. The second-order valence-electron chi connectivity index (χ2n) is 5.41. The normalized spacial score (nSPS) is 22.7. The quantitative estimate of drug-likeness (QED) is 0.872. The number of aliphatic carboxylic acids is 1. The molecule has 1 saturated heterocycles. The monoisotopic (exact) mass is 280 g/mol. The molecule has 0 aromatic carbocycles. The fraction of sp³-hybridized carbons (Fsp3) is 0.643. The highest BCUT2D eigenvalue weighted by Crippen LogP contribution is 2.32. The smallest absolute Gasteiger partial charge is 0.303 e. The van der Waals surface area contributed by atoms with Gasteiger partial charge in [0, 0.05) is 24.3 Å². The lowest BCUT2D eigenvalue weighted by molar-refractivity contribution is -0.136. The lowest BCUT2D eigenvalue weighted by Gasteiger charge is -2.33. The first-order chi connectivity index (χ1) is 9.42. The molecule has 6 heteroatoms. The summed E-state index contributed by atoms with van der Waals surface area (Å²) in [6.45, 7) is 4.34. The second-order valence-corrected chi connectivity index (χ2v) is 5.41. The van der Waals surface area contributed by atoms with Crippen molar-refractivity contribution in [3.8, 4) is 0 Å². The molecule has 110 valence electrons. The molecule has 0 saturated carbocycles. The fourth-order valence-electron chi connectivity index (χ4n) is 2.51. The minimum absolute atomic E-state index is 0.0707. The van der Waals surface area contributed by atoms with Gasteiger partial charge in [0.2, 0.25) is 0 Å². The molecule has 1 aromatic rings. The molecule has 0 aliphatic carbocycles. The number of rotatable bonds is 4. The van der Waals surface area contributed by atoms with Crippen molar-refractivity contribution in [2.75, 3.05) is 6.61 Å². The van der Waals surface area contributed by atoms with Crippen molar-refractivity contribution in [2.24, 2.45) is 0 Å². The molecule has 0 radical (unpaired) electrons. The number of carboxylic acid groups (broad SMARTS) is 1. The van der Waals surface area contributed by atoms with Crippen molar-refractivity contribution in [1.82, 2.24) is 9.97 Å². The Morgan fingerprint density at radius 3 is 2.80 bits per heavy atom. The third kappa shape index (κ3) is 3.07. The average molecular weight is 280 g/mol. The molecule has 6 nitrogen and oxygen atoms in total. The van der Waals surface area contributed by atoms with E-state index < -0.39 is 11.6 Å². The number of carbonyl (C=O) groups is 1. The number of aryl methyl sites for hydroxylation is 1. The second kappa shape index (κ2) is 5.75. The van der Waals surface area contributed by atoms with Crippen LogP contribution in [0.1, 0.15) is 49.7 Å². The topological polar surface area (TPSA) is 92.3 Å². The summed E-state index contributed by atoms with van der Waals surface area (Å²) in [6, 6.07) is 0. The molecule has 1 fully saturated rings. The van der Waals surface area contributed by atoms with Crippen LogP contribution in [0, 0.1) is 6.92 Å². The summed E-state index contributed by atoms with van der Waals surface area (Å²) >= 11 is 0. The van der Waals surface area contributed by atoms with Gasteiger partial charge in [0.15, 0.2) is 0 Å². The van der Waals surface area contributed by atoms with Gasteiger partial charge in [-0.05, 0) is 39.5 Å². The van der Waals surface area contributed by atoms with Crippen molar-refractivity contribution >= 4 is 5.97 Å². The Morgan fingerprint density at radius 2 is 2.25 bits per heavy atom. The lowest BCUT2D eigenvalue weighted by Crippen LogP contribution is -2.35. The molecular formula is C14H20N2O4. The van der Waals surface area contributed by atoms with Gasteiger partial charge in [0.1, 0.15) is 11.4 Å². The van der Waals surface area contributed by atoms with Crippen molar-refractivity contribution < 1.29 is 14.6 Å². The molecule has 0 bridgehead atoms. The lowest BCUT2D eigenvalue weighted by atomic mass is 9.94. The molecule has 1 aromatic heterocycles. The van der Waals surface area contributed by atoms with Gasteiger partial charge in [0.25, 0.3) is 5.56 Å². The van der Waals surface area contributed by atoms with Crippen LogP contribution in [0.2, 0.25) is 0 Å². The van der Waals surface area contributed by atoms with Crippen LogP contribution in [0.3, 0.4) is 0 Å². The van der Waals surface area contributed by atoms with Crippen LogP contribution in [0.4, 0.5) is 0 Å². The van der Waals surface area contributed by atoms with Gasteiger partial charge in [-0.1, -0.05) is 0 Å². The van der Waals surface area contributed by atoms with Crippen molar-refractivity contribution in [2.45, 2.75) is 51.6 Å². The molecule has 1 aliphatic heterocycles. The van der Waals surface area contributed by atoms with E-state index in [2.05, 4.69) is 9.97 Å². The van der Waals surface area contributed by atoms with Gasteiger partial charge < -0.3 is 14.8 Å². The first-order valence-corrected chi connectivity index (χ1v) is 6.88. The van der Waals surface area contributed by atoms with E-state index in [4.69, 9.17) is 9.84 Å². The van der Waals surface area contributed by atoms with Gasteiger partial charge >= 0.3 is 5.97 Å². The van der Waals surface area contributed by atoms with Crippen LogP contribution in [-0.4, -0.2) is 27.7 Å². The zero-order chi connectivity index (χ0) is 14.8. The predicted molar refractivity (Wildman–Crippen MR) is 72.7 cm³/mol. The van der Waals surface area contributed by atoms with E-state index in [1.54, 1.807) is 6.92 Å². The first kappa shape index (κ1) is 14.7. The summed E-state index contributed by atoms with van der Waals surface area (Å²) in [5, 5.41) is 8.70. The van der Waals surface area contributed by atoms with Crippen LogP contribution < -0.4 is 5.56 Å². The van der Waals surface area contributed by atoms with Gasteiger partial charge in [0.05, 0.1) is 0 Å². The largest absolute Gasteiger partial charge is 0.481 e. The Hall–Kier alpha value is -1.69. The molecule has 0 amide bonds. The Bertz CT molecular complexity index is 559. The number of aromatic nitrogens is 2. The van der Waals surface area contributed by atoms with Crippen LogP contribution in [-0.2, 0) is 21.6 Å². The molecule has 1 unspecified atom stereocenters. The maximum absolute atomic E-state index is 12.1. The maximum atomic E-state index is 12.1. The summed E-state index contributed by atoms with van der Waals surface area (Å²) in [6.07, 6.45) is 3.01. The molecule has 1 atom stereocenters. The highest BCUT2D eigenvalue weighted by Gasteiger charge is 2.33. The summed E-state index contributed by atoms with van der Waals surface area (Å²) in [5.41, 5.74) is 0.216. The number of nitrogens with zero attached hydrogens (tertiary/aromatic N) is 1. The average Bonchev–Trinajstić information content (AvgIpc) is 2.38. The van der Waals surface area contributed by atoms with Crippen molar-refractivity contribution in [1.29, 1.82) is 0 Å². The summed E-state index contributed by atoms with van der Waals surface area (Å²) in [5.74, 6) is -0.380. The predicted octanol–water partition coefficient (Wildman–Crippen LogP) is 1.51. The molecule has 0 spiro atoms. The van der Waals surface area contributed by atoms with E-state index in [9.17, 15) is 9.59 Å². The van der Waals surface area contributed by atoms with E-state index in [1.807, 2.05) is 6.92 Å². The number of ether oxygens (including phenoxy) is 1. The van der Waals surface area contributed by atoms with Gasteiger partial charge in [-0.15, -0.1) is 0 Å². The number of carboxylic acids is 1. The van der Waals surface area contributed by atoms with E-state index >= 15 is 0 Å². The highest BCUT2D eigenvalue weighted by molar-refractivity contribution is 5.67. The zero-order valence-electron chi connectivity index (χ0n) is 11.9. The maximum Gasteiger partial charge on any atom is 0.303 e. The Balaban J connectivity index is 2.30. The highest BCUT2D eigenvalue weighted by atomic mass is 16.5. The third-order valence-electron chi connectivity index (χ3n) is 3.78. The van der Waals surface area contributed by atoms with Crippen LogP contribution >= 0.6 is 0 Å². The number of H-pyrrole nitrogens is 1. The standard InChI is InChI=1S/C14H20N2O4/c1-9-10(5-6-11(17)18)12(19)16-13(15-9)14(2)7-3-4-8-20-14/h3-8H2,1-2H3,(H,17,18)(H,15,16,19). The van der Waals surface area contributed by atoms with Crippen molar-refractivity contribution in [3.63, 3.8) is 0 Å². The Labute approximate surface area is 117 Å². The minimum Gasteiger partial charge on any atom is -0.481 e. The van der Waals surface area contributed by atoms with Crippen molar-refractivity contribution in [3.05, 3.63) is 27.4 Å². The third-order valence-corrected chi connectivity index (χ3v) is 3.78. The van der Waals surface area contributed by atoms with E-state index in [0.717, 1.165) is 19.3 Å². The van der Waals surface area contributed by atoms with E-state index in [1.165, 1.54) is 0 Å². The molecular weight excluding hydrogens is 260 g/mol. The Morgan fingerprint density at radius 1 is 1.50 bits per heavy atom. The van der Waals surface area contributed by atoms with E-state index in [0.29, 0.717) is 23.7 Å². The molecule has 2 heterocycles. The first-order valence-electron chi connectivity index (χ1n) is 6.88. The van der Waals surface area contributed by atoms with Crippen LogP contribution in [0.5, 0.6) is 0 Å². The number of aromatic amines is 1. The molecule has 2 N–H and O–H groups in total. The number of nitrogens with one attached hydrogen (secondary N) is 1. The van der Waals surface area contributed by atoms with Crippen LogP contribution in [0.25, 0.3) is 0 Å².